The number of hydrogen-bond acceptors (Lipinski definition) is 2. The minimum atomic E-state index is -0.880. The number of aromatic nitrogens is 2. The van der Waals surface area contributed by atoms with E-state index in [1.807, 2.05) is 13.8 Å². The van der Waals surface area contributed by atoms with Crippen molar-refractivity contribution in [2.24, 2.45) is 5.73 Å². The van der Waals surface area contributed by atoms with Gasteiger partial charge in [0.15, 0.2) is 11.6 Å². The minimum Gasteiger partial charge on any atom is -0.340 e. The van der Waals surface area contributed by atoms with Crippen LogP contribution in [0.4, 0.5) is 8.78 Å². The predicted octanol–water partition coefficient (Wildman–Crippen LogP) is 2.94. The van der Waals surface area contributed by atoms with Gasteiger partial charge in [-0.3, -0.25) is 0 Å². The average molecular weight is 251 g/mol. The van der Waals surface area contributed by atoms with Crippen LogP contribution in [0.1, 0.15) is 26.1 Å². The summed E-state index contributed by atoms with van der Waals surface area (Å²) in [5.74, 6) is -1.12. The molecular weight excluding hydrogens is 236 g/mol. The van der Waals surface area contributed by atoms with Crippen LogP contribution in [-0.4, -0.2) is 9.97 Å². The molecule has 0 bridgehead atoms. The van der Waals surface area contributed by atoms with E-state index in [2.05, 4.69) is 9.97 Å². The van der Waals surface area contributed by atoms with E-state index in [-0.39, 0.29) is 0 Å². The summed E-state index contributed by atoms with van der Waals surface area (Å²) < 4.78 is 26.0. The molecule has 96 valence electrons. The molecule has 0 saturated heterocycles. The number of imidazole rings is 1. The second-order valence-corrected chi connectivity index (χ2v) is 4.55. The first-order valence-electron chi connectivity index (χ1n) is 5.74. The van der Waals surface area contributed by atoms with Gasteiger partial charge in [-0.15, -0.1) is 0 Å². The zero-order valence-corrected chi connectivity index (χ0v) is 10.3. The molecule has 0 aliphatic rings. The summed E-state index contributed by atoms with van der Waals surface area (Å²) in [5, 5.41) is 0. The van der Waals surface area contributed by atoms with E-state index in [0.29, 0.717) is 17.1 Å². The van der Waals surface area contributed by atoms with Gasteiger partial charge in [-0.05, 0) is 31.5 Å². The highest BCUT2D eigenvalue weighted by atomic mass is 19.2. The molecule has 3 nitrogen and oxygen atoms in total. The number of hydrogen-bond donors (Lipinski definition) is 2. The molecule has 5 heteroatoms. The molecule has 0 spiro atoms. The van der Waals surface area contributed by atoms with Crippen molar-refractivity contribution in [3.8, 4) is 11.3 Å². The lowest BCUT2D eigenvalue weighted by Gasteiger charge is -2.19. The van der Waals surface area contributed by atoms with E-state index in [1.165, 1.54) is 6.07 Å². The third-order valence-electron chi connectivity index (χ3n) is 3.08. The Hall–Kier alpha value is -1.75. The molecule has 0 radical (unpaired) electrons. The van der Waals surface area contributed by atoms with E-state index >= 15 is 0 Å². The Morgan fingerprint density at radius 2 is 2.06 bits per heavy atom. The van der Waals surface area contributed by atoms with Crippen molar-refractivity contribution in [1.82, 2.24) is 9.97 Å². The molecule has 1 aromatic heterocycles. The molecule has 0 saturated carbocycles. The van der Waals surface area contributed by atoms with E-state index in [9.17, 15) is 8.78 Å². The van der Waals surface area contributed by atoms with Crippen molar-refractivity contribution in [2.45, 2.75) is 25.8 Å². The lowest BCUT2D eigenvalue weighted by molar-refractivity contribution is 0.450. The maximum absolute atomic E-state index is 13.1. The Labute approximate surface area is 104 Å². The molecular formula is C13H15F2N3. The third-order valence-corrected chi connectivity index (χ3v) is 3.08. The summed E-state index contributed by atoms with van der Waals surface area (Å²) in [6.45, 7) is 3.82. The summed E-state index contributed by atoms with van der Waals surface area (Å²) in [5.41, 5.74) is 6.66. The van der Waals surface area contributed by atoms with Gasteiger partial charge in [-0.1, -0.05) is 6.92 Å². The molecule has 0 aliphatic carbocycles. The predicted molar refractivity (Wildman–Crippen MR) is 65.8 cm³/mol. The van der Waals surface area contributed by atoms with Gasteiger partial charge in [0.25, 0.3) is 0 Å². The number of benzene rings is 1. The van der Waals surface area contributed by atoms with Crippen LogP contribution >= 0.6 is 0 Å². The summed E-state index contributed by atoms with van der Waals surface area (Å²) in [6.07, 6.45) is 2.29. The topological polar surface area (TPSA) is 54.7 Å². The van der Waals surface area contributed by atoms with Gasteiger partial charge in [0, 0.05) is 5.56 Å². The molecule has 1 atom stereocenters. The lowest BCUT2D eigenvalue weighted by atomic mass is 10.00. The number of rotatable bonds is 3. The second-order valence-electron chi connectivity index (χ2n) is 4.55. The maximum atomic E-state index is 13.1. The molecule has 2 rings (SSSR count). The highest BCUT2D eigenvalue weighted by Gasteiger charge is 2.22. The molecule has 1 aromatic carbocycles. The number of nitrogens with zero attached hydrogens (tertiary/aromatic N) is 1. The van der Waals surface area contributed by atoms with Crippen LogP contribution in [0.25, 0.3) is 11.3 Å². The lowest BCUT2D eigenvalue weighted by Crippen LogP contribution is -2.33. The summed E-state index contributed by atoms with van der Waals surface area (Å²) in [7, 11) is 0. The smallest absolute Gasteiger partial charge is 0.159 e. The number of H-pyrrole nitrogens is 1. The van der Waals surface area contributed by atoms with Gasteiger partial charge < -0.3 is 10.7 Å². The summed E-state index contributed by atoms with van der Waals surface area (Å²) in [4.78, 5) is 7.23. The maximum Gasteiger partial charge on any atom is 0.159 e. The Balaban J connectivity index is 2.38. The molecule has 0 aliphatic heterocycles. The monoisotopic (exact) mass is 251 g/mol. The van der Waals surface area contributed by atoms with E-state index in [4.69, 9.17) is 5.73 Å². The van der Waals surface area contributed by atoms with Crippen LogP contribution in [0, 0.1) is 11.6 Å². The zero-order valence-electron chi connectivity index (χ0n) is 10.3. The van der Waals surface area contributed by atoms with Crippen LogP contribution in [0.2, 0.25) is 0 Å². The van der Waals surface area contributed by atoms with Crippen molar-refractivity contribution in [3.05, 3.63) is 41.9 Å². The fourth-order valence-corrected chi connectivity index (χ4v) is 1.59. The van der Waals surface area contributed by atoms with Crippen molar-refractivity contribution < 1.29 is 8.78 Å². The van der Waals surface area contributed by atoms with Gasteiger partial charge in [-0.25, -0.2) is 13.8 Å². The molecule has 2 aromatic rings. The zero-order chi connectivity index (χ0) is 13.3. The van der Waals surface area contributed by atoms with Crippen LogP contribution in [0.5, 0.6) is 0 Å². The van der Waals surface area contributed by atoms with Gasteiger partial charge in [0.1, 0.15) is 5.82 Å². The van der Waals surface area contributed by atoms with Crippen molar-refractivity contribution >= 4 is 0 Å². The molecule has 3 N–H and O–H groups in total. The first-order chi connectivity index (χ1) is 8.44. The quantitative estimate of drug-likeness (QED) is 0.881. The molecule has 0 amide bonds. The fraction of sp³-hybridized carbons (Fsp3) is 0.308. The third kappa shape index (κ3) is 2.26. The Bertz CT molecular complexity index is 561. The SMILES string of the molecule is CCC(C)(N)c1ncc(-c2ccc(F)c(F)c2)[nH]1. The van der Waals surface area contributed by atoms with Crippen LogP contribution in [0.3, 0.4) is 0 Å². The number of aromatic amines is 1. The van der Waals surface area contributed by atoms with Crippen LogP contribution < -0.4 is 5.73 Å². The largest absolute Gasteiger partial charge is 0.340 e. The van der Waals surface area contributed by atoms with Crippen LogP contribution in [-0.2, 0) is 5.54 Å². The van der Waals surface area contributed by atoms with Crippen molar-refractivity contribution in [1.29, 1.82) is 0 Å². The first-order valence-corrected chi connectivity index (χ1v) is 5.74. The van der Waals surface area contributed by atoms with Crippen LogP contribution in [0.15, 0.2) is 24.4 Å². The fourth-order valence-electron chi connectivity index (χ4n) is 1.59. The molecule has 1 unspecified atom stereocenters. The number of nitrogens with one attached hydrogen (secondary N) is 1. The second kappa shape index (κ2) is 4.49. The Morgan fingerprint density at radius 1 is 1.33 bits per heavy atom. The highest BCUT2D eigenvalue weighted by Crippen LogP contribution is 2.24. The van der Waals surface area contributed by atoms with Gasteiger partial charge in [-0.2, -0.15) is 0 Å². The van der Waals surface area contributed by atoms with Gasteiger partial charge in [0.2, 0.25) is 0 Å². The number of halogens is 2. The number of nitrogens with two attached hydrogens (primary N) is 1. The first kappa shape index (κ1) is 12.7. The Morgan fingerprint density at radius 3 is 2.67 bits per heavy atom. The highest BCUT2D eigenvalue weighted by molar-refractivity contribution is 5.58. The van der Waals surface area contributed by atoms with E-state index in [1.54, 1.807) is 6.20 Å². The van der Waals surface area contributed by atoms with E-state index < -0.39 is 17.2 Å². The summed E-state index contributed by atoms with van der Waals surface area (Å²) in [6, 6.07) is 3.72. The minimum absolute atomic E-state index is 0.541. The Kier molecular flexibility index (Phi) is 3.17. The van der Waals surface area contributed by atoms with E-state index in [0.717, 1.165) is 18.6 Å². The van der Waals surface area contributed by atoms with Crippen molar-refractivity contribution in [3.63, 3.8) is 0 Å². The normalized spacial score (nSPS) is 14.5. The van der Waals surface area contributed by atoms with Gasteiger partial charge >= 0.3 is 0 Å². The molecule has 0 fully saturated rings. The molecule has 18 heavy (non-hydrogen) atoms. The van der Waals surface area contributed by atoms with Gasteiger partial charge in [0.05, 0.1) is 17.4 Å². The average Bonchev–Trinajstić information content (AvgIpc) is 2.83. The molecule has 1 heterocycles. The standard InChI is InChI=1S/C13H15F2N3/c1-3-13(2,16)12-17-7-11(18-12)8-4-5-9(14)10(15)6-8/h4-7H,3,16H2,1-2H3,(H,17,18). The van der Waals surface area contributed by atoms with Crippen molar-refractivity contribution in [2.75, 3.05) is 0 Å². The summed E-state index contributed by atoms with van der Waals surface area (Å²) >= 11 is 0.